The first-order valence-corrected chi connectivity index (χ1v) is 5.16. The Balaban J connectivity index is 2.68. The fourth-order valence-corrected chi connectivity index (χ4v) is 1.95. The van der Waals surface area contributed by atoms with Crippen molar-refractivity contribution < 1.29 is 22.9 Å². The summed E-state index contributed by atoms with van der Waals surface area (Å²) in [6.07, 6.45) is -4.21. The number of carbonyl (C=O) groups excluding carboxylic acids is 1. The molecule has 19 heavy (non-hydrogen) atoms. The number of carbonyl (C=O) groups is 1. The number of benzene rings is 1. The summed E-state index contributed by atoms with van der Waals surface area (Å²) in [5.74, 6) is -2.06. The average Bonchev–Trinajstić information content (AvgIpc) is 2.70. The number of non-ortho nitro benzene ring substituents is 1. The van der Waals surface area contributed by atoms with Crippen molar-refractivity contribution in [3.05, 3.63) is 39.0 Å². The highest BCUT2D eigenvalue weighted by atomic mass is 35.5. The van der Waals surface area contributed by atoms with Crippen molar-refractivity contribution in [1.82, 2.24) is 4.98 Å². The van der Waals surface area contributed by atoms with Gasteiger partial charge in [-0.15, -0.1) is 0 Å². The van der Waals surface area contributed by atoms with Gasteiger partial charge in [0.1, 0.15) is 0 Å². The van der Waals surface area contributed by atoms with Crippen LogP contribution in [0, 0.1) is 10.1 Å². The number of nitro groups is 1. The Hall–Kier alpha value is -2.09. The summed E-state index contributed by atoms with van der Waals surface area (Å²) in [6, 6.07) is 1.90. The summed E-state index contributed by atoms with van der Waals surface area (Å²) in [5.41, 5.74) is -1.06. The molecule has 0 aliphatic carbocycles. The predicted molar refractivity (Wildman–Crippen MR) is 60.3 cm³/mol. The molecule has 1 N–H and O–H groups in total. The van der Waals surface area contributed by atoms with Crippen LogP contribution in [0.3, 0.4) is 0 Å². The van der Waals surface area contributed by atoms with E-state index in [1.165, 1.54) is 0 Å². The number of halogens is 4. The monoisotopic (exact) mass is 292 g/mol. The quantitative estimate of drug-likeness (QED) is 0.523. The van der Waals surface area contributed by atoms with Crippen LogP contribution in [-0.4, -0.2) is 21.9 Å². The number of nitrogens with one attached hydrogen (secondary N) is 1. The number of hydrogen-bond acceptors (Lipinski definition) is 3. The summed E-state index contributed by atoms with van der Waals surface area (Å²) >= 11 is 5.70. The van der Waals surface area contributed by atoms with E-state index in [1.54, 1.807) is 0 Å². The molecule has 9 heteroatoms. The van der Waals surface area contributed by atoms with Crippen molar-refractivity contribution in [1.29, 1.82) is 0 Å². The van der Waals surface area contributed by atoms with Gasteiger partial charge in [0.05, 0.1) is 21.0 Å². The van der Waals surface area contributed by atoms with Crippen LogP contribution < -0.4 is 0 Å². The van der Waals surface area contributed by atoms with E-state index in [1.807, 2.05) is 0 Å². The van der Waals surface area contributed by atoms with Crippen molar-refractivity contribution in [2.75, 3.05) is 0 Å². The van der Waals surface area contributed by atoms with Gasteiger partial charge in [-0.3, -0.25) is 14.9 Å². The van der Waals surface area contributed by atoms with Crippen molar-refractivity contribution in [2.45, 2.75) is 6.18 Å². The molecule has 0 unspecified atom stereocenters. The largest absolute Gasteiger partial charge is 0.454 e. The number of alkyl halides is 3. The minimum Gasteiger partial charge on any atom is -0.360 e. The highest BCUT2D eigenvalue weighted by Gasteiger charge is 2.41. The van der Waals surface area contributed by atoms with Gasteiger partial charge in [-0.25, -0.2) is 0 Å². The summed E-state index contributed by atoms with van der Waals surface area (Å²) in [6.45, 7) is 0. The van der Waals surface area contributed by atoms with Gasteiger partial charge in [-0.05, 0) is 0 Å². The lowest BCUT2D eigenvalue weighted by Crippen LogP contribution is -2.22. The summed E-state index contributed by atoms with van der Waals surface area (Å²) < 4.78 is 37.1. The third kappa shape index (κ3) is 2.26. The Bertz CT molecular complexity index is 693. The van der Waals surface area contributed by atoms with Crippen molar-refractivity contribution >= 4 is 34.0 Å². The molecule has 100 valence electrons. The minimum absolute atomic E-state index is 0.00759. The lowest BCUT2D eigenvalue weighted by Gasteiger charge is -2.04. The maximum Gasteiger partial charge on any atom is 0.454 e. The number of nitro benzene ring substituents is 1. The molecule has 2 rings (SSSR count). The van der Waals surface area contributed by atoms with Crippen molar-refractivity contribution in [2.24, 2.45) is 0 Å². The van der Waals surface area contributed by atoms with E-state index in [-0.39, 0.29) is 21.6 Å². The zero-order valence-corrected chi connectivity index (χ0v) is 9.67. The molecule has 0 aliphatic rings. The zero-order chi connectivity index (χ0) is 14.4. The molecular weight excluding hydrogens is 289 g/mol. The van der Waals surface area contributed by atoms with E-state index in [0.717, 1.165) is 18.3 Å². The minimum atomic E-state index is -5.04. The van der Waals surface area contributed by atoms with E-state index >= 15 is 0 Å². The SMILES string of the molecule is O=C(c1c[nH]c2cc([N+](=O)[O-])cc(Cl)c12)C(F)(F)F. The summed E-state index contributed by atoms with van der Waals surface area (Å²) in [5, 5.41) is 10.1. The number of ketones is 1. The number of H-pyrrole nitrogens is 1. The highest BCUT2D eigenvalue weighted by molar-refractivity contribution is 6.37. The lowest BCUT2D eigenvalue weighted by molar-refractivity contribution is -0.384. The molecule has 0 radical (unpaired) electrons. The number of aromatic nitrogens is 1. The summed E-state index contributed by atoms with van der Waals surface area (Å²) in [7, 11) is 0. The standard InChI is InChI=1S/C10H4ClF3N2O3/c11-6-1-4(16(18)19)2-7-8(6)5(3-15-7)9(17)10(12,13)14/h1-3,15H. The first kappa shape index (κ1) is 13.3. The van der Waals surface area contributed by atoms with E-state index in [0.29, 0.717) is 0 Å². The van der Waals surface area contributed by atoms with Gasteiger partial charge in [0.2, 0.25) is 0 Å². The molecule has 0 amide bonds. The third-order valence-corrected chi connectivity index (χ3v) is 2.73. The fourth-order valence-electron chi connectivity index (χ4n) is 1.64. The molecule has 0 atom stereocenters. The van der Waals surface area contributed by atoms with Crippen molar-refractivity contribution in [3.63, 3.8) is 0 Å². The maximum absolute atomic E-state index is 12.4. The Morgan fingerprint density at radius 3 is 2.53 bits per heavy atom. The summed E-state index contributed by atoms with van der Waals surface area (Å²) in [4.78, 5) is 23.4. The fraction of sp³-hybridized carbons (Fsp3) is 0.100. The smallest absolute Gasteiger partial charge is 0.360 e. The van der Waals surface area contributed by atoms with Gasteiger partial charge in [-0.1, -0.05) is 11.6 Å². The molecule has 0 saturated carbocycles. The van der Waals surface area contributed by atoms with E-state index in [4.69, 9.17) is 11.6 Å². The van der Waals surface area contributed by atoms with Crippen LogP contribution in [-0.2, 0) is 0 Å². The van der Waals surface area contributed by atoms with Crippen molar-refractivity contribution in [3.8, 4) is 0 Å². The number of hydrogen-bond donors (Lipinski definition) is 1. The average molecular weight is 293 g/mol. The number of fused-ring (bicyclic) bond motifs is 1. The lowest BCUT2D eigenvalue weighted by atomic mass is 10.1. The van der Waals surface area contributed by atoms with Crippen LogP contribution in [0.1, 0.15) is 10.4 Å². The molecule has 0 aliphatic heterocycles. The second-order valence-corrected chi connectivity index (χ2v) is 4.04. The van der Waals surface area contributed by atoms with Gasteiger partial charge in [-0.2, -0.15) is 13.2 Å². The molecule has 0 bridgehead atoms. The molecule has 0 spiro atoms. The van der Waals surface area contributed by atoms with Gasteiger partial charge in [0.15, 0.2) is 0 Å². The van der Waals surface area contributed by atoms with Gasteiger partial charge < -0.3 is 4.98 Å². The second-order valence-electron chi connectivity index (χ2n) is 3.64. The molecule has 0 fully saturated rings. The van der Waals surface area contributed by atoms with Crippen LogP contribution >= 0.6 is 11.6 Å². The van der Waals surface area contributed by atoms with Crippen LogP contribution in [0.2, 0.25) is 5.02 Å². The van der Waals surface area contributed by atoms with E-state index in [9.17, 15) is 28.1 Å². The van der Waals surface area contributed by atoms with Crippen LogP contribution in [0.5, 0.6) is 0 Å². The highest BCUT2D eigenvalue weighted by Crippen LogP contribution is 2.34. The Morgan fingerprint density at radius 2 is 2.00 bits per heavy atom. The van der Waals surface area contributed by atoms with Crippen LogP contribution in [0.4, 0.5) is 18.9 Å². The van der Waals surface area contributed by atoms with Gasteiger partial charge in [0, 0.05) is 23.7 Å². The van der Waals surface area contributed by atoms with Crippen LogP contribution in [0.15, 0.2) is 18.3 Å². The number of nitrogens with zero attached hydrogens (tertiary/aromatic N) is 1. The molecule has 5 nitrogen and oxygen atoms in total. The molecule has 1 aromatic carbocycles. The first-order chi connectivity index (χ1) is 8.71. The Morgan fingerprint density at radius 1 is 1.37 bits per heavy atom. The van der Waals surface area contributed by atoms with E-state index < -0.39 is 22.4 Å². The predicted octanol–water partition coefficient (Wildman–Crippen LogP) is 3.47. The van der Waals surface area contributed by atoms with E-state index in [2.05, 4.69) is 4.98 Å². The Labute approximate surface area is 108 Å². The molecule has 1 heterocycles. The number of rotatable bonds is 2. The topological polar surface area (TPSA) is 76.0 Å². The van der Waals surface area contributed by atoms with Gasteiger partial charge in [0.25, 0.3) is 11.5 Å². The first-order valence-electron chi connectivity index (χ1n) is 4.78. The molecule has 2 aromatic rings. The number of Topliss-reactive ketones (excluding diaryl/α,β-unsaturated/α-hetero) is 1. The Kier molecular flexibility index (Phi) is 2.97. The normalized spacial score (nSPS) is 11.8. The van der Waals surface area contributed by atoms with Crippen LogP contribution in [0.25, 0.3) is 10.9 Å². The number of aromatic amines is 1. The zero-order valence-electron chi connectivity index (χ0n) is 8.92. The third-order valence-electron chi connectivity index (χ3n) is 2.43. The maximum atomic E-state index is 12.4. The van der Waals surface area contributed by atoms with Gasteiger partial charge >= 0.3 is 6.18 Å². The molecular formula is C10H4ClF3N2O3. The molecule has 1 aromatic heterocycles. The molecule has 0 saturated heterocycles. The second kappa shape index (κ2) is 4.23.